The molecule has 2 N–H and O–H groups in total. The van der Waals surface area contributed by atoms with Gasteiger partial charge in [0.05, 0.1) is 24.3 Å². The van der Waals surface area contributed by atoms with Crippen molar-refractivity contribution >= 4 is 23.2 Å². The Morgan fingerprint density at radius 2 is 0.938 bits per heavy atom. The highest BCUT2D eigenvalue weighted by atomic mass is 35.5. The van der Waals surface area contributed by atoms with E-state index in [1.165, 1.54) is 0 Å². The highest BCUT2D eigenvalue weighted by molar-refractivity contribution is 6.30. The van der Waals surface area contributed by atoms with Gasteiger partial charge in [-0.2, -0.15) is 0 Å². The van der Waals surface area contributed by atoms with Crippen molar-refractivity contribution in [3.8, 4) is 11.8 Å². The van der Waals surface area contributed by atoms with E-state index < -0.39 is 11.2 Å². The minimum Gasteiger partial charge on any atom is -0.385 e. The molecule has 2 saturated heterocycles. The smallest absolute Gasteiger partial charge is 0.0920 e. The summed E-state index contributed by atoms with van der Waals surface area (Å²) in [6.07, 6.45) is 2.80. The van der Waals surface area contributed by atoms with Crippen LogP contribution < -0.4 is 0 Å². The van der Waals surface area contributed by atoms with Gasteiger partial charge < -0.3 is 10.2 Å². The van der Waals surface area contributed by atoms with E-state index in [0.717, 1.165) is 50.4 Å². The molecule has 4 rings (SSSR count). The first-order valence-electron chi connectivity index (χ1n) is 11.2. The monoisotopic (exact) mass is 472 g/mol. The van der Waals surface area contributed by atoms with Gasteiger partial charge in [0.15, 0.2) is 0 Å². The first-order chi connectivity index (χ1) is 15.4. The van der Waals surface area contributed by atoms with E-state index in [2.05, 4.69) is 21.6 Å². The molecule has 2 heterocycles. The average molecular weight is 473 g/mol. The van der Waals surface area contributed by atoms with Crippen LogP contribution in [0.4, 0.5) is 0 Å². The van der Waals surface area contributed by atoms with Gasteiger partial charge in [-0.1, -0.05) is 59.3 Å². The molecule has 0 saturated carbocycles. The number of halogens is 2. The molecule has 0 bridgehead atoms. The van der Waals surface area contributed by atoms with E-state index in [-0.39, 0.29) is 0 Å². The number of rotatable bonds is 4. The summed E-state index contributed by atoms with van der Waals surface area (Å²) >= 11 is 11.9. The molecule has 0 atom stereocenters. The largest absolute Gasteiger partial charge is 0.385 e. The van der Waals surface area contributed by atoms with Crippen LogP contribution in [0.2, 0.25) is 10.0 Å². The lowest BCUT2D eigenvalue weighted by atomic mass is 9.84. The van der Waals surface area contributed by atoms with Gasteiger partial charge in [0.1, 0.15) is 0 Å². The molecule has 32 heavy (non-hydrogen) atoms. The lowest BCUT2D eigenvalue weighted by molar-refractivity contribution is -0.0237. The van der Waals surface area contributed by atoms with Gasteiger partial charge in [-0.25, -0.2) is 0 Å². The lowest BCUT2D eigenvalue weighted by Gasteiger charge is -2.38. The van der Waals surface area contributed by atoms with Gasteiger partial charge in [-0.15, -0.1) is 0 Å². The van der Waals surface area contributed by atoms with E-state index in [1.807, 2.05) is 48.5 Å². The topological polar surface area (TPSA) is 46.9 Å². The molecule has 0 unspecified atom stereocenters. The van der Waals surface area contributed by atoms with Crippen molar-refractivity contribution in [1.82, 2.24) is 9.80 Å². The van der Waals surface area contributed by atoms with Crippen molar-refractivity contribution in [1.29, 1.82) is 0 Å². The fourth-order valence-corrected chi connectivity index (χ4v) is 4.85. The molecule has 0 aliphatic carbocycles. The van der Waals surface area contributed by atoms with Gasteiger partial charge in [-0.3, -0.25) is 9.80 Å². The van der Waals surface area contributed by atoms with Crippen molar-refractivity contribution < 1.29 is 10.2 Å². The van der Waals surface area contributed by atoms with Gasteiger partial charge >= 0.3 is 0 Å². The zero-order valence-electron chi connectivity index (χ0n) is 18.2. The molecule has 0 amide bonds. The first-order valence-corrected chi connectivity index (χ1v) is 12.0. The van der Waals surface area contributed by atoms with Gasteiger partial charge in [0.25, 0.3) is 0 Å². The number of piperidine rings is 2. The molecule has 0 radical (unpaired) electrons. The molecule has 2 fully saturated rings. The zero-order chi connectivity index (χ0) is 22.6. The Bertz CT molecular complexity index is 873. The number of aliphatic hydroxyl groups is 2. The summed E-state index contributed by atoms with van der Waals surface area (Å²) in [4.78, 5) is 4.60. The molecule has 6 heteroatoms. The Kier molecular flexibility index (Phi) is 7.47. The average Bonchev–Trinajstić information content (AvgIpc) is 2.80. The third kappa shape index (κ3) is 5.66. The van der Waals surface area contributed by atoms with Crippen molar-refractivity contribution in [3.63, 3.8) is 0 Å². The standard InChI is InChI=1S/C26H30Cl2N2O2/c27-23-7-3-21(4-8-23)25(31)11-17-29(18-12-25)15-1-2-16-30-19-13-26(32,14-20-30)22-5-9-24(28)10-6-22/h3-10,31-32H,11-20H2. The van der Waals surface area contributed by atoms with Crippen LogP contribution >= 0.6 is 23.2 Å². The second-order valence-electron chi connectivity index (χ2n) is 8.98. The van der Waals surface area contributed by atoms with Crippen LogP contribution in [0.25, 0.3) is 0 Å². The maximum absolute atomic E-state index is 11.0. The first kappa shape index (κ1) is 23.6. The number of likely N-dealkylation sites (tertiary alicyclic amines) is 2. The third-order valence-corrected chi connectivity index (χ3v) is 7.36. The predicted octanol–water partition coefficient (Wildman–Crippen LogP) is 4.26. The van der Waals surface area contributed by atoms with Crippen LogP contribution in [-0.2, 0) is 11.2 Å². The van der Waals surface area contributed by atoms with Gasteiger partial charge in [-0.05, 0) is 61.1 Å². The lowest BCUT2D eigenvalue weighted by Crippen LogP contribution is -2.43. The molecule has 2 aliphatic rings. The summed E-state index contributed by atoms with van der Waals surface area (Å²) in [6.45, 7) is 4.74. The SMILES string of the molecule is OC1(c2ccc(Cl)cc2)CCN(CC#CCN2CCC(O)(c3ccc(Cl)cc3)CC2)CC1. The number of hydrogen-bond acceptors (Lipinski definition) is 4. The van der Waals surface area contributed by atoms with E-state index in [0.29, 0.717) is 35.7 Å². The number of benzene rings is 2. The summed E-state index contributed by atoms with van der Waals surface area (Å²) in [5.74, 6) is 6.59. The molecule has 0 aromatic heterocycles. The van der Waals surface area contributed by atoms with Crippen molar-refractivity contribution in [2.24, 2.45) is 0 Å². The number of nitrogens with zero attached hydrogens (tertiary/aromatic N) is 2. The molecule has 2 aliphatic heterocycles. The van der Waals surface area contributed by atoms with Crippen LogP contribution in [0.5, 0.6) is 0 Å². The van der Waals surface area contributed by atoms with Gasteiger partial charge in [0.2, 0.25) is 0 Å². The second-order valence-corrected chi connectivity index (χ2v) is 9.86. The van der Waals surface area contributed by atoms with Crippen molar-refractivity contribution in [2.75, 3.05) is 39.3 Å². The molecule has 170 valence electrons. The van der Waals surface area contributed by atoms with E-state index in [4.69, 9.17) is 23.2 Å². The highest BCUT2D eigenvalue weighted by Crippen LogP contribution is 2.34. The summed E-state index contributed by atoms with van der Waals surface area (Å²) < 4.78 is 0. The maximum atomic E-state index is 11.0. The second kappa shape index (κ2) is 10.1. The normalized spacial score (nSPS) is 21.0. The van der Waals surface area contributed by atoms with E-state index in [1.54, 1.807) is 0 Å². The van der Waals surface area contributed by atoms with Crippen LogP contribution in [0.3, 0.4) is 0 Å². The fourth-order valence-electron chi connectivity index (χ4n) is 4.60. The zero-order valence-corrected chi connectivity index (χ0v) is 19.7. The Balaban J connectivity index is 1.20. The van der Waals surface area contributed by atoms with Crippen molar-refractivity contribution in [2.45, 2.75) is 36.9 Å². The molecule has 4 nitrogen and oxygen atoms in total. The molecule has 2 aromatic carbocycles. The Morgan fingerprint density at radius 1 is 0.625 bits per heavy atom. The van der Waals surface area contributed by atoms with E-state index in [9.17, 15) is 10.2 Å². The summed E-state index contributed by atoms with van der Waals surface area (Å²) in [6, 6.07) is 15.0. The van der Waals surface area contributed by atoms with Crippen molar-refractivity contribution in [3.05, 3.63) is 69.7 Å². The van der Waals surface area contributed by atoms with Crippen LogP contribution in [-0.4, -0.2) is 59.3 Å². The molecular formula is C26H30Cl2N2O2. The van der Waals surface area contributed by atoms with Crippen LogP contribution in [0.15, 0.2) is 48.5 Å². The third-order valence-electron chi connectivity index (χ3n) is 6.86. The summed E-state index contributed by atoms with van der Waals surface area (Å²) in [5, 5.41) is 23.4. The quantitative estimate of drug-likeness (QED) is 0.652. The van der Waals surface area contributed by atoms with E-state index >= 15 is 0 Å². The minimum absolute atomic E-state index is 0.688. The molecule has 2 aromatic rings. The highest BCUT2D eigenvalue weighted by Gasteiger charge is 2.34. The fraction of sp³-hybridized carbons (Fsp3) is 0.462. The predicted molar refractivity (Wildman–Crippen MR) is 130 cm³/mol. The minimum atomic E-state index is -0.775. The van der Waals surface area contributed by atoms with Gasteiger partial charge in [0, 0.05) is 36.2 Å². The maximum Gasteiger partial charge on any atom is 0.0920 e. The Hall–Kier alpha value is -1.58. The summed E-state index contributed by atoms with van der Waals surface area (Å²) in [7, 11) is 0. The molecule has 0 spiro atoms. The summed E-state index contributed by atoms with van der Waals surface area (Å²) in [5.41, 5.74) is 0.333. The molecular weight excluding hydrogens is 443 g/mol. The Morgan fingerprint density at radius 3 is 1.25 bits per heavy atom. The van der Waals surface area contributed by atoms with Crippen LogP contribution in [0.1, 0.15) is 36.8 Å². The number of hydrogen-bond donors (Lipinski definition) is 2. The van der Waals surface area contributed by atoms with Crippen LogP contribution in [0, 0.1) is 11.8 Å². The Labute approximate surface area is 200 Å².